The van der Waals surface area contributed by atoms with Gasteiger partial charge in [-0.3, -0.25) is 10.2 Å². The normalized spacial score (nSPS) is 14.4. The number of nitrogens with one attached hydrogen (secondary N) is 4. The van der Waals surface area contributed by atoms with Gasteiger partial charge in [0.25, 0.3) is 5.91 Å². The summed E-state index contributed by atoms with van der Waals surface area (Å²) < 4.78 is 59.7. The molecule has 46 heavy (non-hydrogen) atoms. The van der Waals surface area contributed by atoms with Crippen LogP contribution in [-0.2, 0) is 11.3 Å². The van der Waals surface area contributed by atoms with E-state index in [1.165, 1.54) is 35.2 Å². The highest BCUT2D eigenvalue weighted by atomic mass is 35.5. The van der Waals surface area contributed by atoms with Gasteiger partial charge in [0.05, 0.1) is 0 Å². The first-order valence-corrected chi connectivity index (χ1v) is 14.6. The molecule has 0 saturated carbocycles. The van der Waals surface area contributed by atoms with Crippen LogP contribution in [0.25, 0.3) is 0 Å². The maximum Gasteiger partial charge on any atom is 0.432 e. The summed E-state index contributed by atoms with van der Waals surface area (Å²) in [7, 11) is 0. The van der Waals surface area contributed by atoms with Crippen LogP contribution in [0.1, 0.15) is 28.8 Å². The highest BCUT2D eigenvalue weighted by Crippen LogP contribution is 2.21. The maximum atomic E-state index is 14.1. The van der Waals surface area contributed by atoms with E-state index in [4.69, 9.17) is 33.3 Å². The van der Waals surface area contributed by atoms with Gasteiger partial charge in [0, 0.05) is 46.5 Å². The van der Waals surface area contributed by atoms with E-state index < -0.39 is 41.7 Å². The third-order valence-electron chi connectivity index (χ3n) is 6.58. The molecule has 3 aromatic rings. The van der Waals surface area contributed by atoms with Gasteiger partial charge in [0.2, 0.25) is 5.96 Å². The molecule has 3 aromatic carbocycles. The molecule has 4 rings (SSSR count). The molecule has 2 amide bonds. The van der Waals surface area contributed by atoms with Crippen molar-refractivity contribution in [1.82, 2.24) is 15.5 Å². The molecule has 0 bridgehead atoms. The molecule has 1 saturated heterocycles. The minimum absolute atomic E-state index is 0.00446. The lowest BCUT2D eigenvalue weighted by atomic mass is 10.1. The van der Waals surface area contributed by atoms with Gasteiger partial charge in [-0.15, -0.1) is 0 Å². The fourth-order valence-corrected chi connectivity index (χ4v) is 4.75. The number of piperidine rings is 1. The summed E-state index contributed by atoms with van der Waals surface area (Å²) in [6, 6.07) is 17.9. The molecule has 0 unspecified atom stereocenters. The first-order valence-electron chi connectivity index (χ1n) is 13.8. The van der Waals surface area contributed by atoms with Crippen LogP contribution in [-0.4, -0.2) is 53.9 Å². The van der Waals surface area contributed by atoms with Gasteiger partial charge >= 0.3 is 12.3 Å². The molecule has 4 N–H and O–H groups in total. The lowest BCUT2D eigenvalue weighted by Gasteiger charge is -2.33. The van der Waals surface area contributed by atoms with Gasteiger partial charge < -0.3 is 25.6 Å². The van der Waals surface area contributed by atoms with E-state index in [9.17, 15) is 27.2 Å². The number of hydrogen-bond acceptors (Lipinski definition) is 5. The van der Waals surface area contributed by atoms with Crippen molar-refractivity contribution >= 4 is 52.6 Å². The van der Waals surface area contributed by atoms with Crippen LogP contribution in [0.4, 0.5) is 28.0 Å². The van der Waals surface area contributed by atoms with Crippen molar-refractivity contribution in [3.63, 3.8) is 0 Å². The molecular weight excluding hydrogens is 651 g/mol. The second-order valence-electron chi connectivity index (χ2n) is 10.1. The second-order valence-corrected chi connectivity index (χ2v) is 11.0. The predicted octanol–water partition coefficient (Wildman–Crippen LogP) is 7.14. The first-order chi connectivity index (χ1) is 21.9. The fourth-order valence-electron chi connectivity index (χ4n) is 4.34. The Morgan fingerprint density at radius 3 is 2.37 bits per heavy atom. The zero-order chi connectivity index (χ0) is 33.3. The van der Waals surface area contributed by atoms with Crippen LogP contribution in [0.3, 0.4) is 0 Å². The number of rotatable bonds is 8. The number of amides is 2. The number of halogens is 6. The van der Waals surface area contributed by atoms with E-state index in [0.29, 0.717) is 18.9 Å². The number of carbonyl (C=O) groups excluding carboxylic acids is 2. The average Bonchev–Trinajstić information content (AvgIpc) is 2.99. The predicted molar refractivity (Wildman–Crippen MR) is 168 cm³/mol. The Hall–Kier alpha value is -4.62. The molecular formula is C31H28Cl2F4N6O3. The number of carbonyl (C=O) groups is 2. The summed E-state index contributed by atoms with van der Waals surface area (Å²) >= 11 is 11.9. The lowest BCUT2D eigenvalue weighted by Crippen LogP contribution is -2.47. The highest BCUT2D eigenvalue weighted by Gasteiger charge is 2.33. The van der Waals surface area contributed by atoms with Gasteiger partial charge in [0.1, 0.15) is 24.0 Å². The molecule has 1 heterocycles. The standard InChI is InChI=1S/C31H28Cl2F4N6O3/c32-21-8-4-7-20(13-21)28(44)42-29(40-25-15-22(33)14-23(34)16-25)41-27(17-26(38)31(35,36)37)39-24-9-11-43(12-10-24)30(45)46-18-19-5-2-1-3-6-19/h1-8,13-17,24,38-39H,9-12,18H2,(H2,40,41,42,44)/b27-17+,38-26?. The monoisotopic (exact) mass is 678 g/mol. The molecule has 9 nitrogen and oxygen atoms in total. The third kappa shape index (κ3) is 10.5. The van der Waals surface area contributed by atoms with E-state index >= 15 is 0 Å². The van der Waals surface area contributed by atoms with Gasteiger partial charge in [-0.2, -0.15) is 18.2 Å². The summed E-state index contributed by atoms with van der Waals surface area (Å²) in [5, 5.41) is 16.0. The number of benzene rings is 3. The van der Waals surface area contributed by atoms with Crippen molar-refractivity contribution in [2.45, 2.75) is 31.7 Å². The number of ether oxygens (including phenoxy) is 1. The summed E-state index contributed by atoms with van der Waals surface area (Å²) in [5.74, 6) is -2.28. The molecule has 0 radical (unpaired) electrons. The number of hydrogen-bond donors (Lipinski definition) is 4. The second kappa shape index (κ2) is 15.6. The number of guanidine groups is 1. The zero-order valence-electron chi connectivity index (χ0n) is 24.0. The molecule has 1 aliphatic heterocycles. The summed E-state index contributed by atoms with van der Waals surface area (Å²) in [4.78, 5) is 31.0. The summed E-state index contributed by atoms with van der Waals surface area (Å²) in [5.41, 5.74) is -0.777. The van der Waals surface area contributed by atoms with Crippen molar-refractivity contribution in [3.05, 3.63) is 112 Å². The van der Waals surface area contributed by atoms with E-state index in [0.717, 1.165) is 17.7 Å². The lowest BCUT2D eigenvalue weighted by molar-refractivity contribution is -0.0584. The summed E-state index contributed by atoms with van der Waals surface area (Å²) in [6.07, 6.45) is -4.38. The SMILES string of the molecule is N=C(/C=C(/N/C(=N/C(=O)c1cccc(Cl)c1)Nc1cc(F)cc(Cl)c1)NC1CCN(C(=O)OCc2ccccc2)CC1)C(F)(F)F. The molecule has 0 atom stereocenters. The van der Waals surface area contributed by atoms with Gasteiger partial charge in [-0.25, -0.2) is 9.18 Å². The molecule has 15 heteroatoms. The van der Waals surface area contributed by atoms with Gasteiger partial charge in [-0.1, -0.05) is 59.6 Å². The Kier molecular flexibility index (Phi) is 11.6. The number of aliphatic imine (C=N–C) groups is 1. The van der Waals surface area contributed by atoms with Crippen molar-refractivity contribution in [2.75, 3.05) is 18.4 Å². The van der Waals surface area contributed by atoms with Crippen molar-refractivity contribution in [1.29, 1.82) is 5.41 Å². The molecule has 0 aromatic heterocycles. The zero-order valence-corrected chi connectivity index (χ0v) is 25.5. The largest absolute Gasteiger partial charge is 0.445 e. The molecule has 242 valence electrons. The van der Waals surface area contributed by atoms with Crippen molar-refractivity contribution < 1.29 is 31.9 Å². The Morgan fingerprint density at radius 2 is 1.72 bits per heavy atom. The number of likely N-dealkylation sites (tertiary alicyclic amines) is 1. The van der Waals surface area contributed by atoms with Crippen molar-refractivity contribution in [2.24, 2.45) is 4.99 Å². The molecule has 1 fully saturated rings. The minimum atomic E-state index is -4.99. The van der Waals surface area contributed by atoms with E-state index in [-0.39, 0.29) is 46.8 Å². The Bertz CT molecular complexity index is 1610. The third-order valence-corrected chi connectivity index (χ3v) is 7.03. The van der Waals surface area contributed by atoms with Crippen LogP contribution >= 0.6 is 23.2 Å². The molecule has 0 aliphatic carbocycles. The topological polar surface area (TPSA) is 119 Å². The fraction of sp³-hybridized carbons (Fsp3) is 0.226. The molecule has 1 aliphatic rings. The van der Waals surface area contributed by atoms with E-state index in [1.54, 1.807) is 0 Å². The first kappa shape index (κ1) is 34.3. The Morgan fingerprint density at radius 1 is 1.00 bits per heavy atom. The Balaban J connectivity index is 1.52. The van der Waals surface area contributed by atoms with E-state index in [2.05, 4.69) is 20.9 Å². The smallest absolute Gasteiger partial charge is 0.432 e. The number of nitrogens with zero attached hydrogens (tertiary/aromatic N) is 2. The molecule has 0 spiro atoms. The van der Waals surface area contributed by atoms with Crippen LogP contribution in [0.5, 0.6) is 0 Å². The maximum absolute atomic E-state index is 14.1. The Labute approximate surface area is 271 Å². The van der Waals surface area contributed by atoms with Crippen molar-refractivity contribution in [3.8, 4) is 0 Å². The van der Waals surface area contributed by atoms with Crippen LogP contribution in [0.15, 0.2) is 89.7 Å². The average molecular weight is 680 g/mol. The van der Waals surface area contributed by atoms with Crippen LogP contribution in [0, 0.1) is 11.2 Å². The van der Waals surface area contributed by atoms with Gasteiger partial charge in [-0.05, 0) is 54.8 Å². The number of alkyl halides is 3. The minimum Gasteiger partial charge on any atom is -0.445 e. The quantitative estimate of drug-likeness (QED) is 0.114. The van der Waals surface area contributed by atoms with Crippen LogP contribution < -0.4 is 16.0 Å². The number of allylic oxidation sites excluding steroid dienone is 1. The van der Waals surface area contributed by atoms with Crippen LogP contribution in [0.2, 0.25) is 10.0 Å². The van der Waals surface area contributed by atoms with E-state index in [1.807, 2.05) is 30.3 Å². The number of anilines is 1. The highest BCUT2D eigenvalue weighted by molar-refractivity contribution is 6.31. The summed E-state index contributed by atoms with van der Waals surface area (Å²) in [6.45, 7) is 0.570. The van der Waals surface area contributed by atoms with Gasteiger partial charge in [0.15, 0.2) is 0 Å².